The highest BCUT2D eigenvalue weighted by molar-refractivity contribution is 5.96. The highest BCUT2D eigenvalue weighted by Gasteiger charge is 2.17. The summed E-state index contributed by atoms with van der Waals surface area (Å²) in [7, 11) is 1.77. The fourth-order valence-electron chi connectivity index (χ4n) is 2.86. The van der Waals surface area contributed by atoms with Crippen molar-refractivity contribution in [2.75, 3.05) is 0 Å². The Kier molecular flexibility index (Phi) is 5.79. The van der Waals surface area contributed by atoms with Crippen LogP contribution in [0.25, 0.3) is 11.1 Å². The van der Waals surface area contributed by atoms with Gasteiger partial charge >= 0.3 is 0 Å². The van der Waals surface area contributed by atoms with Crippen molar-refractivity contribution in [1.82, 2.24) is 30.4 Å². The van der Waals surface area contributed by atoms with E-state index in [1.807, 2.05) is 30.3 Å². The zero-order chi connectivity index (χ0) is 21.6. The average Bonchev–Trinajstić information content (AvgIpc) is 3.38. The number of halogens is 1. The van der Waals surface area contributed by atoms with Gasteiger partial charge in [-0.2, -0.15) is 10.2 Å². The standard InChI is InChI=1S/C21H18FN7O2/c1-29-18(23-13-25-29)12-31-21-19(14-7-3-2-4-8-14)17(26-28-21)11-24-27-20(30)15-9-5-6-10-16(15)22/h2-11,13H,12H2,1H3,(H,26,28)(H,27,30)/b24-11+. The first-order valence-electron chi connectivity index (χ1n) is 9.31. The summed E-state index contributed by atoms with van der Waals surface area (Å²) in [6.45, 7) is 0.168. The lowest BCUT2D eigenvalue weighted by atomic mass is 10.1. The van der Waals surface area contributed by atoms with Crippen LogP contribution in [0.5, 0.6) is 5.88 Å². The van der Waals surface area contributed by atoms with E-state index in [-0.39, 0.29) is 12.2 Å². The Morgan fingerprint density at radius 2 is 2.00 bits per heavy atom. The molecule has 0 aliphatic carbocycles. The molecule has 0 spiro atoms. The molecule has 2 N–H and O–H groups in total. The lowest BCUT2D eigenvalue weighted by molar-refractivity contribution is 0.0951. The van der Waals surface area contributed by atoms with Gasteiger partial charge in [-0.05, 0) is 17.7 Å². The minimum absolute atomic E-state index is 0.0970. The first-order chi connectivity index (χ1) is 15.1. The largest absolute Gasteiger partial charge is 0.468 e. The molecule has 10 heteroatoms. The molecule has 0 aliphatic heterocycles. The number of hydrogen-bond acceptors (Lipinski definition) is 6. The maximum atomic E-state index is 13.8. The van der Waals surface area contributed by atoms with Gasteiger partial charge in [-0.15, -0.1) is 5.10 Å². The molecule has 0 bridgehead atoms. The Hall–Kier alpha value is -4.34. The van der Waals surface area contributed by atoms with Crippen molar-refractivity contribution in [3.63, 3.8) is 0 Å². The summed E-state index contributed by atoms with van der Waals surface area (Å²) in [4.78, 5) is 16.3. The van der Waals surface area contributed by atoms with Crippen LogP contribution in [-0.2, 0) is 13.7 Å². The number of carbonyl (C=O) groups excluding carboxylic acids is 1. The topological polar surface area (TPSA) is 110 Å². The average molecular weight is 419 g/mol. The van der Waals surface area contributed by atoms with E-state index in [2.05, 4.69) is 30.8 Å². The molecule has 0 atom stereocenters. The number of hydrogen-bond donors (Lipinski definition) is 2. The number of H-pyrrole nitrogens is 1. The molecule has 9 nitrogen and oxygen atoms in total. The summed E-state index contributed by atoms with van der Waals surface area (Å²) in [6, 6.07) is 15.1. The normalized spacial score (nSPS) is 11.0. The molecule has 4 aromatic rings. The molecule has 2 heterocycles. The van der Waals surface area contributed by atoms with E-state index in [9.17, 15) is 9.18 Å². The van der Waals surface area contributed by atoms with E-state index in [4.69, 9.17) is 4.74 Å². The summed E-state index contributed by atoms with van der Waals surface area (Å²) in [6.07, 6.45) is 2.83. The summed E-state index contributed by atoms with van der Waals surface area (Å²) < 4.78 is 21.2. The highest BCUT2D eigenvalue weighted by atomic mass is 19.1. The Morgan fingerprint density at radius 1 is 1.23 bits per heavy atom. The minimum Gasteiger partial charge on any atom is -0.468 e. The molecule has 0 radical (unpaired) electrons. The number of carbonyl (C=O) groups is 1. The number of rotatable bonds is 7. The predicted octanol–water partition coefficient (Wildman–Crippen LogP) is 2.69. The van der Waals surface area contributed by atoms with Gasteiger partial charge in [0.1, 0.15) is 18.8 Å². The Morgan fingerprint density at radius 3 is 2.74 bits per heavy atom. The van der Waals surface area contributed by atoms with Crippen LogP contribution in [-0.4, -0.2) is 37.1 Å². The zero-order valence-corrected chi connectivity index (χ0v) is 16.5. The van der Waals surface area contributed by atoms with E-state index in [1.54, 1.807) is 17.8 Å². The molecule has 2 aromatic heterocycles. The molecule has 0 aliphatic rings. The highest BCUT2D eigenvalue weighted by Crippen LogP contribution is 2.31. The number of nitrogens with zero attached hydrogens (tertiary/aromatic N) is 5. The number of ether oxygens (including phenoxy) is 1. The number of aryl methyl sites for hydroxylation is 1. The molecule has 0 fully saturated rings. The molecule has 156 valence electrons. The molecular weight excluding hydrogens is 401 g/mol. The van der Waals surface area contributed by atoms with Crippen LogP contribution >= 0.6 is 0 Å². The van der Waals surface area contributed by atoms with Crippen LogP contribution in [0.2, 0.25) is 0 Å². The second-order valence-corrected chi connectivity index (χ2v) is 6.45. The van der Waals surface area contributed by atoms with Crippen molar-refractivity contribution in [3.05, 3.63) is 83.8 Å². The van der Waals surface area contributed by atoms with Crippen LogP contribution < -0.4 is 10.2 Å². The Labute approximate surface area is 176 Å². The number of aromatic nitrogens is 5. The lowest BCUT2D eigenvalue weighted by Gasteiger charge is -2.06. The van der Waals surface area contributed by atoms with Crippen molar-refractivity contribution < 1.29 is 13.9 Å². The fourth-order valence-corrected chi connectivity index (χ4v) is 2.86. The summed E-state index contributed by atoms with van der Waals surface area (Å²) in [5.41, 5.74) is 4.23. The minimum atomic E-state index is -0.658. The van der Waals surface area contributed by atoms with Gasteiger partial charge in [0, 0.05) is 7.05 Å². The quantitative estimate of drug-likeness (QED) is 0.354. The van der Waals surface area contributed by atoms with Crippen LogP contribution in [0.15, 0.2) is 66.0 Å². The van der Waals surface area contributed by atoms with Gasteiger partial charge in [0.2, 0.25) is 5.88 Å². The fraction of sp³-hybridized carbons (Fsp3) is 0.0952. The van der Waals surface area contributed by atoms with Gasteiger partial charge in [0.05, 0.1) is 23.0 Å². The molecule has 31 heavy (non-hydrogen) atoms. The predicted molar refractivity (Wildman–Crippen MR) is 111 cm³/mol. The van der Waals surface area contributed by atoms with Gasteiger partial charge in [-0.25, -0.2) is 14.8 Å². The Bertz CT molecular complexity index is 1220. The number of hydrazone groups is 1. The maximum absolute atomic E-state index is 13.8. The zero-order valence-electron chi connectivity index (χ0n) is 16.5. The van der Waals surface area contributed by atoms with Gasteiger partial charge in [0.25, 0.3) is 5.91 Å². The van der Waals surface area contributed by atoms with Gasteiger partial charge in [-0.3, -0.25) is 14.6 Å². The number of benzene rings is 2. The maximum Gasteiger partial charge on any atom is 0.274 e. The molecule has 1 amide bonds. The molecular formula is C21H18FN7O2. The molecule has 0 saturated heterocycles. The number of amides is 1. The summed E-state index contributed by atoms with van der Waals surface area (Å²) >= 11 is 0. The Balaban J connectivity index is 1.56. The monoisotopic (exact) mass is 419 g/mol. The number of nitrogens with one attached hydrogen (secondary N) is 2. The third-order valence-electron chi connectivity index (χ3n) is 4.44. The number of aromatic amines is 1. The van der Waals surface area contributed by atoms with Crippen molar-refractivity contribution in [2.45, 2.75) is 6.61 Å². The van der Waals surface area contributed by atoms with E-state index in [0.717, 1.165) is 5.56 Å². The van der Waals surface area contributed by atoms with Gasteiger partial charge in [-0.1, -0.05) is 42.5 Å². The van der Waals surface area contributed by atoms with Crippen LogP contribution in [0.4, 0.5) is 4.39 Å². The molecule has 4 rings (SSSR count). The van der Waals surface area contributed by atoms with E-state index < -0.39 is 11.7 Å². The third-order valence-corrected chi connectivity index (χ3v) is 4.44. The molecule has 0 unspecified atom stereocenters. The van der Waals surface area contributed by atoms with Crippen molar-refractivity contribution in [3.8, 4) is 17.0 Å². The van der Waals surface area contributed by atoms with Crippen molar-refractivity contribution in [2.24, 2.45) is 12.1 Å². The lowest BCUT2D eigenvalue weighted by Crippen LogP contribution is -2.19. The van der Waals surface area contributed by atoms with E-state index in [1.165, 1.54) is 30.7 Å². The first-order valence-corrected chi connectivity index (χ1v) is 9.31. The third kappa shape index (κ3) is 4.47. The summed E-state index contributed by atoms with van der Waals surface area (Å²) in [5.74, 6) is -0.305. The second-order valence-electron chi connectivity index (χ2n) is 6.45. The van der Waals surface area contributed by atoms with Crippen LogP contribution in [0.1, 0.15) is 21.9 Å². The van der Waals surface area contributed by atoms with Gasteiger partial charge < -0.3 is 4.74 Å². The van der Waals surface area contributed by atoms with Crippen molar-refractivity contribution in [1.29, 1.82) is 0 Å². The van der Waals surface area contributed by atoms with Crippen molar-refractivity contribution >= 4 is 12.1 Å². The smallest absolute Gasteiger partial charge is 0.274 e. The molecule has 2 aromatic carbocycles. The first kappa shape index (κ1) is 20.0. The summed E-state index contributed by atoms with van der Waals surface area (Å²) in [5, 5.41) is 15.0. The SMILES string of the molecule is Cn1ncnc1COc1n[nH]c(/C=N/NC(=O)c2ccccc2F)c1-c1ccccc1. The van der Waals surface area contributed by atoms with Crippen LogP contribution in [0, 0.1) is 5.82 Å². The van der Waals surface area contributed by atoms with E-state index >= 15 is 0 Å². The van der Waals surface area contributed by atoms with Gasteiger partial charge in [0.15, 0.2) is 5.82 Å². The molecule has 0 saturated carbocycles. The second kappa shape index (κ2) is 8.99. The van der Waals surface area contributed by atoms with Crippen LogP contribution in [0.3, 0.4) is 0 Å². The van der Waals surface area contributed by atoms with E-state index in [0.29, 0.717) is 23.0 Å².